The van der Waals surface area contributed by atoms with Gasteiger partial charge in [-0.05, 0) is 38.0 Å². The van der Waals surface area contributed by atoms with Gasteiger partial charge in [0.15, 0.2) is 0 Å². The summed E-state index contributed by atoms with van der Waals surface area (Å²) >= 11 is 0. The largest absolute Gasteiger partial charge is 0.496 e. The average Bonchev–Trinajstić information content (AvgIpc) is 2.59. The molecule has 0 saturated heterocycles. The predicted molar refractivity (Wildman–Crippen MR) is 96.0 cm³/mol. The molecule has 2 aromatic rings. The Kier molecular flexibility index (Phi) is 4.86. The highest BCUT2D eigenvalue weighted by Gasteiger charge is 2.44. The van der Waals surface area contributed by atoms with Gasteiger partial charge in [-0.25, -0.2) is 8.42 Å². The summed E-state index contributed by atoms with van der Waals surface area (Å²) in [5, 5.41) is 11.0. The van der Waals surface area contributed by atoms with Crippen LogP contribution in [0.3, 0.4) is 0 Å². The van der Waals surface area contributed by atoms with Crippen LogP contribution in [-0.2, 0) is 16.4 Å². The van der Waals surface area contributed by atoms with Crippen molar-refractivity contribution in [2.75, 3.05) is 7.11 Å². The molecule has 0 amide bonds. The third kappa shape index (κ3) is 3.05. The van der Waals surface area contributed by atoms with Crippen LogP contribution in [0.4, 0.5) is 0 Å². The zero-order valence-corrected chi connectivity index (χ0v) is 15.4. The Morgan fingerprint density at radius 2 is 1.76 bits per heavy atom. The number of ether oxygens (including phenoxy) is 1. The number of benzene rings is 2. The molecule has 0 saturated carbocycles. The second-order valence-electron chi connectivity index (χ2n) is 6.49. The monoisotopic (exact) mass is 361 g/mol. The number of sulfonamides is 1. The highest BCUT2D eigenvalue weighted by atomic mass is 32.2. The van der Waals surface area contributed by atoms with Crippen molar-refractivity contribution in [1.29, 1.82) is 0 Å². The van der Waals surface area contributed by atoms with Crippen molar-refractivity contribution in [3.8, 4) is 5.75 Å². The summed E-state index contributed by atoms with van der Waals surface area (Å²) in [6.45, 7) is 3.65. The second-order valence-corrected chi connectivity index (χ2v) is 8.31. The SMILES string of the molecule is COc1ccccc1C[C@H]1[C@@H](O)c2ccccc2S(=O)(=O)N1C(C)C. The number of hydrogen-bond donors (Lipinski definition) is 1. The molecule has 1 aliphatic heterocycles. The molecule has 0 spiro atoms. The van der Waals surface area contributed by atoms with Gasteiger partial charge >= 0.3 is 0 Å². The third-order valence-electron chi connectivity index (χ3n) is 4.61. The Hall–Kier alpha value is -1.89. The number of para-hydroxylation sites is 1. The van der Waals surface area contributed by atoms with E-state index in [9.17, 15) is 13.5 Å². The Morgan fingerprint density at radius 3 is 2.44 bits per heavy atom. The van der Waals surface area contributed by atoms with Crippen LogP contribution in [0.15, 0.2) is 53.4 Å². The zero-order chi connectivity index (χ0) is 18.2. The van der Waals surface area contributed by atoms with Crippen LogP contribution in [0.25, 0.3) is 0 Å². The molecule has 0 aromatic heterocycles. The van der Waals surface area contributed by atoms with Crippen LogP contribution in [-0.4, -0.2) is 37.0 Å². The van der Waals surface area contributed by atoms with Gasteiger partial charge in [-0.1, -0.05) is 36.4 Å². The zero-order valence-electron chi connectivity index (χ0n) is 14.6. The Balaban J connectivity index is 2.11. The molecular weight excluding hydrogens is 338 g/mol. The average molecular weight is 361 g/mol. The maximum Gasteiger partial charge on any atom is 0.244 e. The summed E-state index contributed by atoms with van der Waals surface area (Å²) in [7, 11) is -2.09. The normalized spacial score (nSPS) is 22.6. The van der Waals surface area contributed by atoms with Crippen LogP contribution < -0.4 is 4.74 Å². The van der Waals surface area contributed by atoms with Gasteiger partial charge in [-0.2, -0.15) is 4.31 Å². The lowest BCUT2D eigenvalue weighted by Gasteiger charge is -2.41. The highest BCUT2D eigenvalue weighted by Crippen LogP contribution is 2.39. The van der Waals surface area contributed by atoms with E-state index in [1.165, 1.54) is 4.31 Å². The van der Waals surface area contributed by atoms with Crippen LogP contribution in [0.5, 0.6) is 5.75 Å². The van der Waals surface area contributed by atoms with Crippen molar-refractivity contribution in [2.45, 2.75) is 43.4 Å². The van der Waals surface area contributed by atoms with Crippen molar-refractivity contribution >= 4 is 10.0 Å². The molecule has 2 aromatic carbocycles. The van der Waals surface area contributed by atoms with Crippen molar-refractivity contribution < 1.29 is 18.3 Å². The van der Waals surface area contributed by atoms with Crippen LogP contribution in [0, 0.1) is 0 Å². The van der Waals surface area contributed by atoms with Gasteiger partial charge < -0.3 is 9.84 Å². The highest BCUT2D eigenvalue weighted by molar-refractivity contribution is 7.89. The maximum absolute atomic E-state index is 13.1. The minimum Gasteiger partial charge on any atom is -0.496 e. The van der Waals surface area contributed by atoms with E-state index in [1.807, 2.05) is 38.1 Å². The molecule has 6 heteroatoms. The van der Waals surface area contributed by atoms with Gasteiger partial charge in [-0.3, -0.25) is 0 Å². The summed E-state index contributed by atoms with van der Waals surface area (Å²) in [5.41, 5.74) is 1.33. The number of rotatable bonds is 4. The number of aliphatic hydroxyl groups excluding tert-OH is 1. The standard InChI is InChI=1S/C19H23NO4S/c1-13(2)20-16(12-14-8-4-6-10-17(14)24-3)19(21)15-9-5-7-11-18(15)25(20,22)23/h4-11,13,16,19,21H,12H2,1-3H3/t16-,19-/m0/s1. The number of hydrogen-bond acceptors (Lipinski definition) is 4. The Morgan fingerprint density at radius 1 is 1.12 bits per heavy atom. The fourth-order valence-electron chi connectivity index (χ4n) is 3.56. The smallest absolute Gasteiger partial charge is 0.244 e. The molecule has 0 radical (unpaired) electrons. The van der Waals surface area contributed by atoms with E-state index < -0.39 is 22.2 Å². The summed E-state index contributed by atoms with van der Waals surface area (Å²) in [5.74, 6) is 0.690. The first-order valence-corrected chi connectivity index (χ1v) is 9.74. The Labute approximate surface area is 148 Å². The molecule has 25 heavy (non-hydrogen) atoms. The van der Waals surface area contributed by atoms with Crippen molar-refractivity contribution in [3.05, 3.63) is 59.7 Å². The first-order chi connectivity index (χ1) is 11.9. The van der Waals surface area contributed by atoms with E-state index in [-0.39, 0.29) is 10.9 Å². The van der Waals surface area contributed by atoms with E-state index in [2.05, 4.69) is 0 Å². The summed E-state index contributed by atoms with van der Waals surface area (Å²) in [4.78, 5) is 0.187. The van der Waals surface area contributed by atoms with E-state index in [1.54, 1.807) is 31.4 Å². The van der Waals surface area contributed by atoms with Crippen LogP contribution in [0.1, 0.15) is 31.1 Å². The third-order valence-corrected chi connectivity index (χ3v) is 6.79. The molecule has 5 nitrogen and oxygen atoms in total. The molecule has 1 N–H and O–H groups in total. The fraction of sp³-hybridized carbons (Fsp3) is 0.368. The van der Waals surface area contributed by atoms with E-state index in [0.717, 1.165) is 5.56 Å². The summed E-state index contributed by atoms with van der Waals surface area (Å²) in [6.07, 6.45) is -0.524. The molecule has 3 rings (SSSR count). The molecule has 0 unspecified atom stereocenters. The van der Waals surface area contributed by atoms with E-state index in [4.69, 9.17) is 4.74 Å². The summed E-state index contributed by atoms with van der Waals surface area (Å²) in [6, 6.07) is 13.3. The van der Waals surface area contributed by atoms with Crippen molar-refractivity contribution in [1.82, 2.24) is 4.31 Å². The molecule has 0 fully saturated rings. The van der Waals surface area contributed by atoms with Gasteiger partial charge in [0, 0.05) is 11.6 Å². The lowest BCUT2D eigenvalue weighted by Crippen LogP contribution is -2.52. The molecule has 1 aliphatic rings. The van der Waals surface area contributed by atoms with Crippen LogP contribution >= 0.6 is 0 Å². The number of nitrogens with zero attached hydrogens (tertiary/aromatic N) is 1. The van der Waals surface area contributed by atoms with Crippen molar-refractivity contribution in [3.63, 3.8) is 0 Å². The topological polar surface area (TPSA) is 66.8 Å². The summed E-state index contributed by atoms with van der Waals surface area (Å²) < 4.78 is 33.1. The lowest BCUT2D eigenvalue weighted by molar-refractivity contribution is 0.0682. The molecule has 1 heterocycles. The van der Waals surface area contributed by atoms with E-state index in [0.29, 0.717) is 17.7 Å². The number of fused-ring (bicyclic) bond motifs is 1. The molecule has 0 bridgehead atoms. The number of aliphatic hydroxyl groups is 1. The van der Waals surface area contributed by atoms with Gasteiger partial charge in [0.25, 0.3) is 0 Å². The van der Waals surface area contributed by atoms with Crippen LogP contribution in [0.2, 0.25) is 0 Å². The maximum atomic E-state index is 13.1. The first-order valence-electron chi connectivity index (χ1n) is 8.30. The van der Waals surface area contributed by atoms with Gasteiger partial charge in [-0.15, -0.1) is 0 Å². The predicted octanol–water partition coefficient (Wildman–Crippen LogP) is 2.75. The fourth-order valence-corrected chi connectivity index (χ4v) is 5.62. The minimum absolute atomic E-state index is 0.187. The second kappa shape index (κ2) is 6.78. The van der Waals surface area contributed by atoms with E-state index >= 15 is 0 Å². The first kappa shape index (κ1) is 17.9. The Bertz CT molecular complexity index is 863. The molecular formula is C19H23NO4S. The molecule has 0 aliphatic carbocycles. The van der Waals surface area contributed by atoms with Crippen molar-refractivity contribution in [2.24, 2.45) is 0 Å². The number of methoxy groups -OCH3 is 1. The molecule has 2 atom stereocenters. The minimum atomic E-state index is -3.67. The lowest BCUT2D eigenvalue weighted by atomic mass is 9.94. The van der Waals surface area contributed by atoms with Gasteiger partial charge in [0.2, 0.25) is 10.0 Å². The van der Waals surface area contributed by atoms with Gasteiger partial charge in [0.1, 0.15) is 5.75 Å². The van der Waals surface area contributed by atoms with Gasteiger partial charge in [0.05, 0.1) is 24.2 Å². The molecule has 134 valence electrons. The quantitative estimate of drug-likeness (QED) is 0.909.